The van der Waals surface area contributed by atoms with Crippen molar-refractivity contribution in [1.82, 2.24) is 15.2 Å². The predicted octanol–water partition coefficient (Wildman–Crippen LogP) is 2.90. The number of fused-ring (bicyclic) bond motifs is 1. The van der Waals surface area contributed by atoms with Crippen molar-refractivity contribution in [3.05, 3.63) is 23.4 Å². The first-order chi connectivity index (χ1) is 14.4. The van der Waals surface area contributed by atoms with Gasteiger partial charge in [-0.15, -0.1) is 0 Å². The van der Waals surface area contributed by atoms with Gasteiger partial charge >= 0.3 is 5.97 Å². The van der Waals surface area contributed by atoms with Gasteiger partial charge in [0.25, 0.3) is 0 Å². The highest BCUT2D eigenvalue weighted by molar-refractivity contribution is 5.73. The van der Waals surface area contributed by atoms with Gasteiger partial charge in [0.15, 0.2) is 0 Å². The lowest BCUT2D eigenvalue weighted by Gasteiger charge is -2.35. The van der Waals surface area contributed by atoms with Crippen LogP contribution in [0.4, 0.5) is 5.82 Å². The molecule has 1 aromatic rings. The van der Waals surface area contributed by atoms with Crippen LogP contribution in [0.15, 0.2) is 12.1 Å². The first kappa shape index (κ1) is 23.0. The van der Waals surface area contributed by atoms with Crippen LogP contribution in [0, 0.1) is 5.92 Å². The minimum atomic E-state index is -0.811. The van der Waals surface area contributed by atoms with Crippen LogP contribution < -0.4 is 10.6 Å². The number of nitrogens with zero attached hydrogens (tertiary/aromatic N) is 2. The smallest absolute Gasteiger partial charge is 0.320 e. The number of rotatable bonds is 12. The van der Waals surface area contributed by atoms with Crippen molar-refractivity contribution < 1.29 is 14.6 Å². The fraction of sp³-hybridized carbons (Fsp3) is 0.739. The van der Waals surface area contributed by atoms with Crippen LogP contribution in [-0.2, 0) is 22.4 Å². The number of aromatic nitrogens is 1. The number of carboxylic acids is 1. The lowest BCUT2D eigenvalue weighted by Crippen LogP contribution is -2.45. The van der Waals surface area contributed by atoms with Gasteiger partial charge in [0, 0.05) is 31.6 Å². The van der Waals surface area contributed by atoms with Gasteiger partial charge in [-0.3, -0.25) is 15.0 Å². The molecule has 1 aliphatic carbocycles. The molecule has 30 heavy (non-hydrogen) atoms. The van der Waals surface area contributed by atoms with Crippen LogP contribution in [0.2, 0.25) is 0 Å². The second-order valence-corrected chi connectivity index (χ2v) is 9.10. The molecule has 1 atom stereocenters. The van der Waals surface area contributed by atoms with E-state index in [1.54, 1.807) is 0 Å². The summed E-state index contributed by atoms with van der Waals surface area (Å²) in [6, 6.07) is 4.21. The molecule has 3 N–H and O–H groups in total. The molecule has 168 valence electrons. The molecule has 3 rings (SSSR count). The van der Waals surface area contributed by atoms with Gasteiger partial charge in [0.1, 0.15) is 11.9 Å². The van der Waals surface area contributed by atoms with Gasteiger partial charge in [-0.2, -0.15) is 0 Å². The summed E-state index contributed by atoms with van der Waals surface area (Å²) in [5, 5.41) is 15.9. The van der Waals surface area contributed by atoms with Crippen molar-refractivity contribution in [3.8, 4) is 0 Å². The number of nitrogens with one attached hydrogen (secondary N) is 2. The van der Waals surface area contributed by atoms with Crippen LogP contribution in [0.5, 0.6) is 0 Å². The molecule has 7 nitrogen and oxygen atoms in total. The SMILES string of the molecule is CC(C)N(C)CNC(CCOC1CC(CCc2ccc3c(n2)NCCC3)C1)C(=O)O. The summed E-state index contributed by atoms with van der Waals surface area (Å²) >= 11 is 0. The maximum Gasteiger partial charge on any atom is 0.320 e. The molecule has 0 bridgehead atoms. The van der Waals surface area contributed by atoms with Crippen LogP contribution in [-0.4, -0.2) is 66.0 Å². The Balaban J connectivity index is 1.29. The zero-order valence-corrected chi connectivity index (χ0v) is 18.7. The lowest BCUT2D eigenvalue weighted by molar-refractivity contribution is -0.140. The molecule has 0 radical (unpaired) electrons. The Hall–Kier alpha value is -1.70. The van der Waals surface area contributed by atoms with E-state index in [1.807, 2.05) is 7.05 Å². The van der Waals surface area contributed by atoms with E-state index in [-0.39, 0.29) is 6.10 Å². The van der Waals surface area contributed by atoms with Gasteiger partial charge in [-0.1, -0.05) is 6.07 Å². The highest BCUT2D eigenvalue weighted by atomic mass is 16.5. The minimum absolute atomic E-state index is 0.279. The Labute approximate surface area is 180 Å². The summed E-state index contributed by atoms with van der Waals surface area (Å²) in [6.07, 6.45) is 7.40. The third-order valence-corrected chi connectivity index (χ3v) is 6.48. The van der Waals surface area contributed by atoms with Crippen molar-refractivity contribution in [2.45, 2.75) is 77.0 Å². The summed E-state index contributed by atoms with van der Waals surface area (Å²) in [4.78, 5) is 18.3. The molecular weight excluding hydrogens is 380 g/mol. The number of aliphatic carboxylic acids is 1. The summed E-state index contributed by atoms with van der Waals surface area (Å²) < 4.78 is 5.93. The number of anilines is 1. The number of carbonyl (C=O) groups is 1. The molecule has 0 aromatic carbocycles. The maximum absolute atomic E-state index is 11.5. The molecule has 1 aliphatic heterocycles. The van der Waals surface area contributed by atoms with Crippen LogP contribution in [0.3, 0.4) is 0 Å². The van der Waals surface area contributed by atoms with Crippen molar-refractivity contribution in [1.29, 1.82) is 0 Å². The fourth-order valence-corrected chi connectivity index (χ4v) is 4.01. The number of carboxylic acid groups (broad SMARTS) is 1. The Morgan fingerprint density at radius 3 is 2.93 bits per heavy atom. The van der Waals surface area contributed by atoms with Gasteiger partial charge in [-0.25, -0.2) is 4.98 Å². The average molecular weight is 419 g/mol. The first-order valence-electron chi connectivity index (χ1n) is 11.4. The average Bonchev–Trinajstić information content (AvgIpc) is 2.70. The maximum atomic E-state index is 11.5. The van der Waals surface area contributed by atoms with Gasteiger partial charge in [-0.05, 0) is 83.4 Å². The molecule has 2 heterocycles. The minimum Gasteiger partial charge on any atom is -0.480 e. The molecule has 0 amide bonds. The van der Waals surface area contributed by atoms with Crippen molar-refractivity contribution in [2.75, 3.05) is 32.2 Å². The Morgan fingerprint density at radius 1 is 1.40 bits per heavy atom. The highest BCUT2D eigenvalue weighted by Gasteiger charge is 2.30. The van der Waals surface area contributed by atoms with Gasteiger partial charge < -0.3 is 15.2 Å². The Bertz CT molecular complexity index is 691. The molecular formula is C23H38N4O3. The number of hydrogen-bond donors (Lipinski definition) is 3. The Kier molecular flexibility index (Phi) is 8.48. The molecule has 0 spiro atoms. The third-order valence-electron chi connectivity index (χ3n) is 6.48. The molecule has 7 heteroatoms. The molecule has 0 saturated heterocycles. The largest absolute Gasteiger partial charge is 0.480 e. The number of pyridine rings is 1. The van der Waals surface area contributed by atoms with Crippen molar-refractivity contribution in [2.24, 2.45) is 5.92 Å². The van der Waals surface area contributed by atoms with E-state index in [4.69, 9.17) is 9.72 Å². The standard InChI is InChI=1S/C23H38N4O3/c1-16(2)27(3)15-25-21(23(28)29)10-12-30-20-13-17(14-20)6-8-19-9-7-18-5-4-11-24-22(18)26-19/h7,9,16-17,20-21,25H,4-6,8,10-15H2,1-3H3,(H,24,26)(H,28,29). The molecule has 1 unspecified atom stereocenters. The topological polar surface area (TPSA) is 86.7 Å². The van der Waals surface area contributed by atoms with E-state index in [2.05, 4.69) is 41.5 Å². The second-order valence-electron chi connectivity index (χ2n) is 9.10. The van der Waals surface area contributed by atoms with Gasteiger partial charge in [0.2, 0.25) is 0 Å². The monoisotopic (exact) mass is 418 g/mol. The zero-order valence-electron chi connectivity index (χ0n) is 18.7. The molecule has 2 aliphatic rings. The molecule has 1 aromatic heterocycles. The third kappa shape index (κ3) is 6.65. The summed E-state index contributed by atoms with van der Waals surface area (Å²) in [7, 11) is 1.98. The number of aryl methyl sites for hydroxylation is 2. The van der Waals surface area contributed by atoms with E-state index in [0.717, 1.165) is 44.5 Å². The lowest BCUT2D eigenvalue weighted by atomic mass is 9.79. The van der Waals surface area contributed by atoms with E-state index in [9.17, 15) is 9.90 Å². The number of ether oxygens (including phenoxy) is 1. The van der Waals surface area contributed by atoms with Crippen molar-refractivity contribution in [3.63, 3.8) is 0 Å². The fourth-order valence-electron chi connectivity index (χ4n) is 4.01. The van der Waals surface area contributed by atoms with E-state index >= 15 is 0 Å². The zero-order chi connectivity index (χ0) is 21.5. The summed E-state index contributed by atoms with van der Waals surface area (Å²) in [5.74, 6) is 0.956. The normalized spacial score (nSPS) is 21.8. The van der Waals surface area contributed by atoms with Gasteiger partial charge in [0.05, 0.1) is 6.10 Å². The van der Waals surface area contributed by atoms with Crippen LogP contribution in [0.1, 0.15) is 57.2 Å². The predicted molar refractivity (Wildman–Crippen MR) is 119 cm³/mol. The van der Waals surface area contributed by atoms with Crippen LogP contribution >= 0.6 is 0 Å². The van der Waals surface area contributed by atoms with E-state index < -0.39 is 12.0 Å². The summed E-state index contributed by atoms with van der Waals surface area (Å²) in [6.45, 7) is 6.26. The molecule has 1 saturated carbocycles. The van der Waals surface area contributed by atoms with E-state index in [0.29, 0.717) is 31.7 Å². The van der Waals surface area contributed by atoms with Crippen LogP contribution in [0.25, 0.3) is 0 Å². The summed E-state index contributed by atoms with van der Waals surface area (Å²) in [5.41, 5.74) is 2.52. The quantitative estimate of drug-likeness (QED) is 0.450. The number of hydrogen-bond acceptors (Lipinski definition) is 6. The second kappa shape index (κ2) is 11.1. The first-order valence-corrected chi connectivity index (χ1v) is 11.4. The Morgan fingerprint density at radius 2 is 2.20 bits per heavy atom. The van der Waals surface area contributed by atoms with Crippen molar-refractivity contribution >= 4 is 11.8 Å². The molecule has 1 fully saturated rings. The highest BCUT2D eigenvalue weighted by Crippen LogP contribution is 2.34. The van der Waals surface area contributed by atoms with E-state index in [1.165, 1.54) is 17.7 Å².